The SMILES string of the molecule is CS(=O)(=O)N1C[C@H](O)COC[C@@H]2O[C@@H](CC(=O)NCc3ccc(-c4ccccc4)cc3)CC[C@H]21. The summed E-state index contributed by atoms with van der Waals surface area (Å²) in [6, 6.07) is 17.8. The van der Waals surface area contributed by atoms with Crippen LogP contribution in [0.3, 0.4) is 0 Å². The van der Waals surface area contributed by atoms with Crippen LogP contribution in [0, 0.1) is 0 Å². The number of nitrogens with one attached hydrogen (secondary N) is 1. The van der Waals surface area contributed by atoms with Crippen LogP contribution < -0.4 is 5.32 Å². The molecule has 0 aliphatic carbocycles. The molecule has 1 amide bonds. The number of hydrogen-bond donors (Lipinski definition) is 2. The average molecular weight is 489 g/mol. The number of aliphatic hydroxyl groups excluding tert-OH is 1. The molecule has 0 spiro atoms. The summed E-state index contributed by atoms with van der Waals surface area (Å²) in [6.07, 6.45) is 0.795. The maximum atomic E-state index is 12.6. The molecule has 2 aliphatic rings. The Labute approximate surface area is 200 Å². The summed E-state index contributed by atoms with van der Waals surface area (Å²) in [7, 11) is -3.51. The molecule has 2 aromatic rings. The maximum absolute atomic E-state index is 12.6. The summed E-state index contributed by atoms with van der Waals surface area (Å²) < 4.78 is 37.5. The summed E-state index contributed by atoms with van der Waals surface area (Å²) in [5, 5.41) is 13.0. The van der Waals surface area contributed by atoms with Gasteiger partial charge in [-0.05, 0) is 29.5 Å². The molecule has 2 saturated heterocycles. The van der Waals surface area contributed by atoms with Crippen molar-refractivity contribution in [3.63, 3.8) is 0 Å². The Kier molecular flexibility index (Phi) is 8.00. The summed E-state index contributed by atoms with van der Waals surface area (Å²) in [4.78, 5) is 12.6. The molecule has 4 atom stereocenters. The smallest absolute Gasteiger partial charge is 0.222 e. The molecule has 184 valence electrons. The Morgan fingerprint density at radius 1 is 1.06 bits per heavy atom. The van der Waals surface area contributed by atoms with Gasteiger partial charge in [-0.2, -0.15) is 4.31 Å². The molecular weight excluding hydrogens is 456 g/mol. The Bertz CT molecular complexity index is 1060. The number of benzene rings is 2. The Morgan fingerprint density at radius 2 is 1.76 bits per heavy atom. The highest BCUT2D eigenvalue weighted by Gasteiger charge is 2.41. The van der Waals surface area contributed by atoms with E-state index in [1.165, 1.54) is 4.31 Å². The number of β-amino-alcohol motifs (C(OH)–C–C–N with tert-alkyl or cyclic N) is 1. The summed E-state index contributed by atoms with van der Waals surface area (Å²) in [6.45, 7) is 0.638. The average Bonchev–Trinajstić information content (AvgIpc) is 2.81. The number of sulfonamides is 1. The first-order valence-corrected chi connectivity index (χ1v) is 13.4. The minimum Gasteiger partial charge on any atom is -0.389 e. The van der Waals surface area contributed by atoms with Crippen molar-refractivity contribution in [2.24, 2.45) is 0 Å². The maximum Gasteiger partial charge on any atom is 0.222 e. The number of amides is 1. The minimum absolute atomic E-state index is 0.0163. The minimum atomic E-state index is -3.51. The van der Waals surface area contributed by atoms with Crippen LogP contribution in [0.1, 0.15) is 24.8 Å². The number of rotatable bonds is 6. The Balaban J connectivity index is 1.29. The van der Waals surface area contributed by atoms with Crippen LogP contribution in [0.5, 0.6) is 0 Å². The van der Waals surface area contributed by atoms with Gasteiger partial charge in [0, 0.05) is 13.1 Å². The van der Waals surface area contributed by atoms with E-state index in [0.717, 1.165) is 22.9 Å². The highest BCUT2D eigenvalue weighted by Crippen LogP contribution is 2.29. The molecule has 34 heavy (non-hydrogen) atoms. The highest BCUT2D eigenvalue weighted by molar-refractivity contribution is 7.88. The lowest BCUT2D eigenvalue weighted by atomic mass is 9.96. The van der Waals surface area contributed by atoms with E-state index in [2.05, 4.69) is 17.4 Å². The van der Waals surface area contributed by atoms with Crippen molar-refractivity contribution in [1.29, 1.82) is 0 Å². The Hall–Kier alpha value is -2.30. The first kappa shape index (κ1) is 24.8. The van der Waals surface area contributed by atoms with E-state index in [-0.39, 0.29) is 38.2 Å². The second-order valence-corrected chi connectivity index (χ2v) is 10.9. The fourth-order valence-corrected chi connectivity index (χ4v) is 5.78. The van der Waals surface area contributed by atoms with Crippen molar-refractivity contribution >= 4 is 15.9 Å². The number of aliphatic hydroxyl groups is 1. The fraction of sp³-hybridized carbons (Fsp3) is 0.480. The number of ether oxygens (including phenoxy) is 2. The molecule has 0 bridgehead atoms. The van der Waals surface area contributed by atoms with Gasteiger partial charge in [0.15, 0.2) is 0 Å². The second kappa shape index (κ2) is 11.0. The molecule has 2 heterocycles. The normalized spacial score (nSPS) is 26.2. The van der Waals surface area contributed by atoms with E-state index >= 15 is 0 Å². The van der Waals surface area contributed by atoms with Gasteiger partial charge in [0.2, 0.25) is 15.9 Å². The highest BCUT2D eigenvalue weighted by atomic mass is 32.2. The van der Waals surface area contributed by atoms with Gasteiger partial charge in [-0.25, -0.2) is 8.42 Å². The van der Waals surface area contributed by atoms with Gasteiger partial charge in [0.25, 0.3) is 0 Å². The topological polar surface area (TPSA) is 105 Å². The van der Waals surface area contributed by atoms with Crippen molar-refractivity contribution in [3.05, 3.63) is 60.2 Å². The lowest BCUT2D eigenvalue weighted by Gasteiger charge is -2.43. The standard InChI is InChI=1S/C25H32N2O6S/c1-34(30,31)27-15-21(28)16-32-17-24-23(27)12-11-22(33-24)13-25(29)26-14-18-7-9-20(10-8-18)19-5-3-2-4-6-19/h2-10,21-24,28H,11-17H2,1H3,(H,26,29)/t21-,22+,23+,24-/m0/s1. The van der Waals surface area contributed by atoms with E-state index in [1.807, 2.05) is 42.5 Å². The number of nitrogens with zero attached hydrogens (tertiary/aromatic N) is 1. The van der Waals surface area contributed by atoms with Crippen LogP contribution >= 0.6 is 0 Å². The molecule has 9 heteroatoms. The van der Waals surface area contributed by atoms with Crippen LogP contribution in [0.25, 0.3) is 11.1 Å². The largest absolute Gasteiger partial charge is 0.389 e. The fourth-order valence-electron chi connectivity index (χ4n) is 4.60. The van der Waals surface area contributed by atoms with Crippen molar-refractivity contribution in [1.82, 2.24) is 9.62 Å². The molecule has 0 saturated carbocycles. The van der Waals surface area contributed by atoms with Crippen molar-refractivity contribution in [2.45, 2.75) is 50.2 Å². The molecule has 0 aromatic heterocycles. The van der Waals surface area contributed by atoms with Gasteiger partial charge in [0.05, 0.1) is 50.2 Å². The molecule has 2 aliphatic heterocycles. The summed E-state index contributed by atoms with van der Waals surface area (Å²) in [5.41, 5.74) is 3.28. The molecule has 8 nitrogen and oxygen atoms in total. The van der Waals surface area contributed by atoms with Gasteiger partial charge in [0.1, 0.15) is 0 Å². The van der Waals surface area contributed by atoms with Gasteiger partial charge < -0.3 is 19.9 Å². The lowest BCUT2D eigenvalue weighted by molar-refractivity contribution is -0.146. The Morgan fingerprint density at radius 3 is 2.47 bits per heavy atom. The first-order valence-electron chi connectivity index (χ1n) is 11.6. The van der Waals surface area contributed by atoms with E-state index in [0.29, 0.717) is 19.4 Å². The zero-order chi connectivity index (χ0) is 24.1. The molecule has 2 aromatic carbocycles. The zero-order valence-electron chi connectivity index (χ0n) is 19.3. The van der Waals surface area contributed by atoms with E-state index in [4.69, 9.17) is 9.47 Å². The third kappa shape index (κ3) is 6.43. The first-order chi connectivity index (χ1) is 16.3. The number of carbonyl (C=O) groups excluding carboxylic acids is 1. The van der Waals surface area contributed by atoms with Crippen LogP contribution in [-0.2, 0) is 30.8 Å². The quantitative estimate of drug-likeness (QED) is 0.644. The van der Waals surface area contributed by atoms with E-state index in [1.54, 1.807) is 0 Å². The molecule has 2 fully saturated rings. The van der Waals surface area contributed by atoms with Crippen molar-refractivity contribution in [3.8, 4) is 11.1 Å². The molecule has 2 N–H and O–H groups in total. The zero-order valence-corrected chi connectivity index (χ0v) is 20.1. The number of carbonyl (C=O) groups is 1. The van der Waals surface area contributed by atoms with E-state index in [9.17, 15) is 18.3 Å². The number of fused-ring (bicyclic) bond motifs is 1. The van der Waals surface area contributed by atoms with Crippen LogP contribution in [-0.4, -0.2) is 74.1 Å². The number of hydrogen-bond acceptors (Lipinski definition) is 6. The predicted molar refractivity (Wildman–Crippen MR) is 128 cm³/mol. The van der Waals surface area contributed by atoms with E-state index < -0.39 is 28.3 Å². The molecule has 4 rings (SSSR count). The van der Waals surface area contributed by atoms with Gasteiger partial charge in [-0.1, -0.05) is 54.6 Å². The van der Waals surface area contributed by atoms with Crippen LogP contribution in [0.2, 0.25) is 0 Å². The monoisotopic (exact) mass is 488 g/mol. The van der Waals surface area contributed by atoms with Gasteiger partial charge in [-0.3, -0.25) is 4.79 Å². The third-order valence-electron chi connectivity index (χ3n) is 6.32. The van der Waals surface area contributed by atoms with Gasteiger partial charge >= 0.3 is 0 Å². The lowest BCUT2D eigenvalue weighted by Crippen LogP contribution is -2.57. The second-order valence-electron chi connectivity index (χ2n) is 9.01. The predicted octanol–water partition coefficient (Wildman–Crippen LogP) is 1.93. The molecular formula is C25H32N2O6S. The summed E-state index contributed by atoms with van der Waals surface area (Å²) >= 11 is 0. The van der Waals surface area contributed by atoms with Gasteiger partial charge in [-0.15, -0.1) is 0 Å². The van der Waals surface area contributed by atoms with Crippen molar-refractivity contribution < 1.29 is 27.8 Å². The molecule has 0 unspecified atom stereocenters. The van der Waals surface area contributed by atoms with Crippen LogP contribution in [0.15, 0.2) is 54.6 Å². The third-order valence-corrected chi connectivity index (χ3v) is 7.60. The molecule has 0 radical (unpaired) electrons. The van der Waals surface area contributed by atoms with Crippen molar-refractivity contribution in [2.75, 3.05) is 26.0 Å². The summed E-state index contributed by atoms with van der Waals surface area (Å²) in [5.74, 6) is -0.113. The van der Waals surface area contributed by atoms with Crippen LogP contribution in [0.4, 0.5) is 0 Å².